The van der Waals surface area contributed by atoms with E-state index in [1.54, 1.807) is 0 Å². The second kappa shape index (κ2) is 7.30. The lowest BCUT2D eigenvalue weighted by Gasteiger charge is -2.26. The first-order valence-corrected chi connectivity index (χ1v) is 10.1. The second-order valence-corrected chi connectivity index (χ2v) is 8.45. The molecule has 23 heavy (non-hydrogen) atoms. The van der Waals surface area contributed by atoms with Gasteiger partial charge < -0.3 is 0 Å². The van der Waals surface area contributed by atoms with Gasteiger partial charge in [-0.2, -0.15) is 0 Å². The zero-order valence-corrected chi connectivity index (χ0v) is 15.1. The summed E-state index contributed by atoms with van der Waals surface area (Å²) in [4.78, 5) is 0. The number of hydrogen-bond donors (Lipinski definition) is 0. The van der Waals surface area contributed by atoms with Gasteiger partial charge in [-0.1, -0.05) is 90.1 Å². The van der Waals surface area contributed by atoms with Crippen molar-refractivity contribution in [3.63, 3.8) is 0 Å². The van der Waals surface area contributed by atoms with Crippen LogP contribution in [-0.2, 0) is 0 Å². The van der Waals surface area contributed by atoms with Gasteiger partial charge >= 0.3 is 0 Å². The molecule has 0 bridgehead atoms. The molecule has 0 aliphatic carbocycles. The molecule has 0 spiro atoms. The van der Waals surface area contributed by atoms with Crippen molar-refractivity contribution < 1.29 is 0 Å². The minimum atomic E-state index is -0.861. The van der Waals surface area contributed by atoms with Gasteiger partial charge in [0.1, 0.15) is 0 Å². The Morgan fingerprint density at radius 3 is 1.52 bits per heavy atom. The van der Waals surface area contributed by atoms with Gasteiger partial charge in [-0.3, -0.25) is 0 Å². The van der Waals surface area contributed by atoms with E-state index in [9.17, 15) is 0 Å². The topological polar surface area (TPSA) is 0 Å². The van der Waals surface area contributed by atoms with Crippen molar-refractivity contribution in [2.45, 2.75) is 19.5 Å². The largest absolute Gasteiger partial charge is 0.0901 e. The third kappa shape index (κ3) is 3.50. The van der Waals surface area contributed by atoms with Crippen LogP contribution in [0.25, 0.3) is 0 Å². The van der Waals surface area contributed by atoms with E-state index in [1.807, 2.05) is 0 Å². The molecule has 0 nitrogen and oxygen atoms in total. The maximum absolute atomic E-state index is 7.12. The first-order chi connectivity index (χ1) is 11.2. The molecule has 3 aromatic carbocycles. The molecule has 3 rings (SSSR count). The van der Waals surface area contributed by atoms with Gasteiger partial charge in [0.15, 0.2) is 0 Å². The Bertz CT molecular complexity index is 709. The lowest BCUT2D eigenvalue weighted by molar-refractivity contribution is 1.15. The fraction of sp³-hybridized carbons (Fsp3) is 0.143. The van der Waals surface area contributed by atoms with Gasteiger partial charge in [-0.25, -0.2) is 0 Å². The van der Waals surface area contributed by atoms with E-state index in [-0.39, 0.29) is 5.66 Å². The van der Waals surface area contributed by atoms with E-state index in [4.69, 9.17) is 11.2 Å². The minimum Gasteiger partial charge on any atom is -0.0901 e. The third-order valence-corrected chi connectivity index (χ3v) is 7.39. The van der Waals surface area contributed by atoms with E-state index < -0.39 is 7.27 Å². The van der Waals surface area contributed by atoms with Crippen molar-refractivity contribution in [2.24, 2.45) is 0 Å². The Morgan fingerprint density at radius 1 is 0.652 bits per heavy atom. The van der Waals surface area contributed by atoms with Crippen LogP contribution < -0.4 is 5.30 Å². The first kappa shape index (κ1) is 16.2. The molecule has 1 atom stereocenters. The number of aryl methyl sites for hydroxylation is 2. The summed E-state index contributed by atoms with van der Waals surface area (Å²) in [5.74, 6) is 0. The van der Waals surface area contributed by atoms with E-state index in [0.717, 1.165) is 0 Å². The number of halogens is 1. The van der Waals surface area contributed by atoms with Gasteiger partial charge in [0.2, 0.25) is 0 Å². The summed E-state index contributed by atoms with van der Waals surface area (Å²) >= 11 is 7.12. The molecule has 0 saturated carbocycles. The summed E-state index contributed by atoms with van der Waals surface area (Å²) in [5, 5.41) is 1.31. The maximum Gasteiger partial charge on any atom is 0.0470 e. The lowest BCUT2D eigenvalue weighted by atomic mass is 10.0. The molecule has 0 fully saturated rings. The quantitative estimate of drug-likeness (QED) is 0.486. The zero-order valence-electron chi connectivity index (χ0n) is 13.4. The Kier molecular flexibility index (Phi) is 5.16. The molecule has 0 N–H and O–H groups in total. The van der Waals surface area contributed by atoms with E-state index in [1.165, 1.54) is 27.6 Å². The van der Waals surface area contributed by atoms with Gasteiger partial charge in [0, 0.05) is 12.9 Å². The van der Waals surface area contributed by atoms with Gasteiger partial charge in [0.05, 0.1) is 0 Å². The van der Waals surface area contributed by atoms with Crippen molar-refractivity contribution in [1.82, 2.24) is 0 Å². The molecule has 3 aromatic rings. The van der Waals surface area contributed by atoms with Crippen LogP contribution in [0.4, 0.5) is 0 Å². The minimum absolute atomic E-state index is 0.203. The predicted octanol–water partition coefficient (Wildman–Crippen LogP) is 6.35. The highest BCUT2D eigenvalue weighted by Crippen LogP contribution is 2.58. The summed E-state index contributed by atoms with van der Waals surface area (Å²) in [6, 6.07) is 27.6. The average Bonchev–Trinajstić information content (AvgIpc) is 2.57. The molecule has 0 saturated heterocycles. The van der Waals surface area contributed by atoms with Crippen LogP contribution in [0.15, 0.2) is 78.9 Å². The molecule has 2 heteroatoms. The fourth-order valence-electron chi connectivity index (χ4n) is 3.00. The molecule has 116 valence electrons. The Morgan fingerprint density at radius 2 is 1.09 bits per heavy atom. The molecule has 0 radical (unpaired) electrons. The highest BCUT2D eigenvalue weighted by molar-refractivity contribution is 7.90. The number of rotatable bonds is 4. The second-order valence-electron chi connectivity index (χ2n) is 5.78. The molecule has 1 unspecified atom stereocenters. The van der Waals surface area contributed by atoms with Crippen LogP contribution in [0.2, 0.25) is 0 Å². The van der Waals surface area contributed by atoms with Crippen LogP contribution in [-0.4, -0.2) is 0 Å². The number of benzene rings is 3. The van der Waals surface area contributed by atoms with Crippen molar-refractivity contribution in [3.8, 4) is 0 Å². The molecular formula is C21H20ClP. The van der Waals surface area contributed by atoms with Crippen LogP contribution in [0.1, 0.15) is 27.9 Å². The van der Waals surface area contributed by atoms with Crippen molar-refractivity contribution in [2.75, 3.05) is 0 Å². The first-order valence-electron chi connectivity index (χ1n) is 7.79. The van der Waals surface area contributed by atoms with Crippen LogP contribution >= 0.6 is 18.5 Å². The van der Waals surface area contributed by atoms with E-state index in [2.05, 4.69) is 92.7 Å². The Balaban J connectivity index is 2.12. The SMILES string of the molecule is Cc1cccc(C)c1P(Cl)C(c1ccccc1)c1ccccc1. The highest BCUT2D eigenvalue weighted by Gasteiger charge is 2.26. The summed E-state index contributed by atoms with van der Waals surface area (Å²) in [7, 11) is -0.861. The highest BCUT2D eigenvalue weighted by atomic mass is 35.7. The van der Waals surface area contributed by atoms with Crippen molar-refractivity contribution >= 4 is 23.8 Å². The Hall–Kier alpha value is -1.62. The Labute approximate surface area is 144 Å². The normalized spacial score (nSPS) is 12.3. The predicted molar refractivity (Wildman–Crippen MR) is 103 cm³/mol. The van der Waals surface area contributed by atoms with Crippen LogP contribution in [0.3, 0.4) is 0 Å². The molecule has 0 aliphatic heterocycles. The average molecular weight is 339 g/mol. The number of hydrogen-bond acceptors (Lipinski definition) is 0. The third-order valence-electron chi connectivity index (χ3n) is 4.11. The van der Waals surface area contributed by atoms with Gasteiger partial charge in [-0.15, -0.1) is 0 Å². The van der Waals surface area contributed by atoms with Crippen LogP contribution in [0, 0.1) is 13.8 Å². The van der Waals surface area contributed by atoms with Gasteiger partial charge in [-0.05, 0) is 41.4 Å². The molecule has 0 amide bonds. The fourth-order valence-corrected chi connectivity index (χ4v) is 6.42. The molecular weight excluding hydrogens is 319 g/mol. The van der Waals surface area contributed by atoms with Crippen LogP contribution in [0.5, 0.6) is 0 Å². The smallest absolute Gasteiger partial charge is 0.0470 e. The van der Waals surface area contributed by atoms with E-state index >= 15 is 0 Å². The summed E-state index contributed by atoms with van der Waals surface area (Å²) in [6.07, 6.45) is 0. The van der Waals surface area contributed by atoms with Crippen molar-refractivity contribution in [3.05, 3.63) is 101 Å². The standard InChI is InChI=1S/C21H20ClP/c1-16-10-9-11-17(2)20(16)23(22)21(18-12-5-3-6-13-18)19-14-7-4-8-15-19/h3-15,21H,1-2H3. The lowest BCUT2D eigenvalue weighted by Crippen LogP contribution is -2.12. The zero-order chi connectivity index (χ0) is 16.2. The van der Waals surface area contributed by atoms with Gasteiger partial charge in [0.25, 0.3) is 0 Å². The summed E-state index contributed by atoms with van der Waals surface area (Å²) < 4.78 is 0. The maximum atomic E-state index is 7.12. The van der Waals surface area contributed by atoms with Crippen molar-refractivity contribution in [1.29, 1.82) is 0 Å². The monoisotopic (exact) mass is 338 g/mol. The van der Waals surface area contributed by atoms with E-state index in [0.29, 0.717) is 0 Å². The molecule has 0 aromatic heterocycles. The molecule has 0 heterocycles. The summed E-state index contributed by atoms with van der Waals surface area (Å²) in [6.45, 7) is 4.32. The molecule has 0 aliphatic rings. The summed E-state index contributed by atoms with van der Waals surface area (Å²) in [5.41, 5.74) is 5.32.